The van der Waals surface area contributed by atoms with E-state index < -0.39 is 4.92 Å². The molecule has 9 nitrogen and oxygen atoms in total. The van der Waals surface area contributed by atoms with Gasteiger partial charge in [-0.05, 0) is 30.3 Å². The normalized spacial score (nSPS) is 17.0. The fourth-order valence-electron chi connectivity index (χ4n) is 3.64. The van der Waals surface area contributed by atoms with Crippen LogP contribution in [0.25, 0.3) is 0 Å². The van der Waals surface area contributed by atoms with E-state index in [2.05, 4.69) is 5.32 Å². The molecule has 0 unspecified atom stereocenters. The van der Waals surface area contributed by atoms with Crippen LogP contribution in [-0.4, -0.2) is 50.5 Å². The predicted molar refractivity (Wildman–Crippen MR) is 102 cm³/mol. The van der Waals surface area contributed by atoms with Crippen molar-refractivity contribution in [3.05, 3.63) is 63.7 Å². The van der Waals surface area contributed by atoms with Crippen molar-refractivity contribution in [2.75, 3.05) is 39.6 Å². The SMILES string of the molecule is O=C(NC[C@H](c1ccc2c(c1)OCO2)[NH+]1CCOCC1)c1ccc([N+](=O)[O-])cc1. The van der Waals surface area contributed by atoms with Crippen molar-refractivity contribution in [3.8, 4) is 11.5 Å². The molecule has 0 aliphatic carbocycles. The Morgan fingerprint density at radius 3 is 2.55 bits per heavy atom. The predicted octanol–water partition coefficient (Wildman–Crippen LogP) is 0.710. The third kappa shape index (κ3) is 4.30. The lowest BCUT2D eigenvalue weighted by Crippen LogP contribution is -3.15. The van der Waals surface area contributed by atoms with Gasteiger partial charge in [-0.15, -0.1) is 0 Å². The van der Waals surface area contributed by atoms with Crippen LogP contribution in [0.4, 0.5) is 5.69 Å². The highest BCUT2D eigenvalue weighted by atomic mass is 16.7. The van der Waals surface area contributed by atoms with E-state index in [0.717, 1.165) is 24.4 Å². The number of non-ortho nitro benzene ring substituents is 1. The molecular weight excluding hydrogens is 378 g/mol. The molecule has 2 N–H and O–H groups in total. The zero-order valence-electron chi connectivity index (χ0n) is 15.8. The Bertz CT molecular complexity index is 896. The Balaban J connectivity index is 1.49. The number of fused-ring (bicyclic) bond motifs is 1. The third-order valence-corrected chi connectivity index (χ3v) is 5.23. The van der Waals surface area contributed by atoms with Crippen LogP contribution in [0, 0.1) is 10.1 Å². The molecule has 1 amide bonds. The molecule has 29 heavy (non-hydrogen) atoms. The van der Waals surface area contributed by atoms with E-state index in [1.54, 1.807) is 0 Å². The fraction of sp³-hybridized carbons (Fsp3) is 0.350. The summed E-state index contributed by atoms with van der Waals surface area (Å²) >= 11 is 0. The summed E-state index contributed by atoms with van der Waals surface area (Å²) in [5.74, 6) is 1.17. The topological polar surface area (TPSA) is 104 Å². The Morgan fingerprint density at radius 1 is 1.10 bits per heavy atom. The lowest BCUT2D eigenvalue weighted by molar-refractivity contribution is -0.937. The van der Waals surface area contributed by atoms with Crippen LogP contribution in [0.15, 0.2) is 42.5 Å². The number of ether oxygens (including phenoxy) is 3. The van der Waals surface area contributed by atoms with E-state index in [1.165, 1.54) is 29.2 Å². The number of amides is 1. The number of benzene rings is 2. The number of rotatable bonds is 6. The lowest BCUT2D eigenvalue weighted by atomic mass is 10.0. The number of carbonyl (C=O) groups is 1. The molecule has 0 aromatic heterocycles. The van der Waals surface area contributed by atoms with Crippen LogP contribution in [-0.2, 0) is 4.74 Å². The standard InChI is InChI=1S/C20H21N3O6/c24-20(14-1-4-16(5-2-14)23(25)26)21-12-17(22-7-9-27-10-8-22)15-3-6-18-19(11-15)29-13-28-18/h1-6,11,17H,7-10,12-13H2,(H,21,24)/p+1/t17-/m1/s1. The van der Waals surface area contributed by atoms with Gasteiger partial charge in [0.05, 0.1) is 24.7 Å². The molecule has 2 aromatic rings. The maximum Gasteiger partial charge on any atom is 0.269 e. The molecule has 2 aromatic carbocycles. The van der Waals surface area contributed by atoms with Crippen molar-refractivity contribution in [3.63, 3.8) is 0 Å². The van der Waals surface area contributed by atoms with Crippen molar-refractivity contribution in [2.24, 2.45) is 0 Å². The number of hydrogen-bond acceptors (Lipinski definition) is 6. The van der Waals surface area contributed by atoms with Crippen molar-refractivity contribution in [1.29, 1.82) is 0 Å². The first-order valence-electron chi connectivity index (χ1n) is 9.46. The average Bonchev–Trinajstić information content (AvgIpc) is 3.22. The second-order valence-electron chi connectivity index (χ2n) is 6.95. The summed E-state index contributed by atoms with van der Waals surface area (Å²) in [5, 5.41) is 13.8. The molecule has 0 bridgehead atoms. The van der Waals surface area contributed by atoms with Gasteiger partial charge in [-0.1, -0.05) is 0 Å². The number of nitrogens with one attached hydrogen (secondary N) is 2. The van der Waals surface area contributed by atoms with Gasteiger partial charge >= 0.3 is 0 Å². The number of quaternary nitrogens is 1. The van der Waals surface area contributed by atoms with Gasteiger partial charge in [0.15, 0.2) is 11.5 Å². The fourth-order valence-corrected chi connectivity index (χ4v) is 3.64. The Hall–Kier alpha value is -3.17. The first-order valence-corrected chi connectivity index (χ1v) is 9.46. The molecule has 0 saturated carbocycles. The third-order valence-electron chi connectivity index (χ3n) is 5.23. The number of nitro benzene ring substituents is 1. The van der Waals surface area contributed by atoms with E-state index in [9.17, 15) is 14.9 Å². The Morgan fingerprint density at radius 2 is 1.83 bits per heavy atom. The van der Waals surface area contributed by atoms with Crippen LogP contribution in [0.1, 0.15) is 22.0 Å². The van der Waals surface area contributed by atoms with Crippen molar-refractivity contribution in [1.82, 2.24) is 5.32 Å². The van der Waals surface area contributed by atoms with Gasteiger partial charge in [0.1, 0.15) is 19.1 Å². The first-order chi connectivity index (χ1) is 14.1. The lowest BCUT2D eigenvalue weighted by Gasteiger charge is -2.32. The average molecular weight is 400 g/mol. The molecular formula is C20H22N3O6+. The molecule has 2 heterocycles. The maximum atomic E-state index is 12.6. The molecule has 0 spiro atoms. The summed E-state index contributed by atoms with van der Waals surface area (Å²) < 4.78 is 16.4. The van der Waals surface area contributed by atoms with Gasteiger partial charge < -0.3 is 24.4 Å². The van der Waals surface area contributed by atoms with E-state index in [4.69, 9.17) is 14.2 Å². The number of nitro groups is 1. The van der Waals surface area contributed by atoms with Crippen LogP contribution in [0.2, 0.25) is 0 Å². The van der Waals surface area contributed by atoms with Crippen LogP contribution in [0.5, 0.6) is 11.5 Å². The summed E-state index contributed by atoms with van der Waals surface area (Å²) in [7, 11) is 0. The highest BCUT2D eigenvalue weighted by Gasteiger charge is 2.28. The number of nitrogens with zero attached hydrogens (tertiary/aromatic N) is 1. The Labute approximate surface area is 167 Å². The minimum absolute atomic E-state index is 0.0235. The molecule has 1 atom stereocenters. The van der Waals surface area contributed by atoms with E-state index in [-0.39, 0.29) is 24.4 Å². The number of morpholine rings is 1. The molecule has 1 saturated heterocycles. The van der Waals surface area contributed by atoms with Crippen molar-refractivity contribution >= 4 is 11.6 Å². The highest BCUT2D eigenvalue weighted by Crippen LogP contribution is 2.33. The van der Waals surface area contributed by atoms with Crippen molar-refractivity contribution in [2.45, 2.75) is 6.04 Å². The van der Waals surface area contributed by atoms with Crippen molar-refractivity contribution < 1.29 is 28.8 Å². The molecule has 0 radical (unpaired) electrons. The molecule has 2 aliphatic heterocycles. The first kappa shape index (κ1) is 19.2. The largest absolute Gasteiger partial charge is 0.454 e. The van der Waals surface area contributed by atoms with Gasteiger partial charge in [-0.3, -0.25) is 14.9 Å². The summed E-state index contributed by atoms with van der Waals surface area (Å²) in [6.07, 6.45) is 0. The second kappa shape index (κ2) is 8.46. The van der Waals surface area contributed by atoms with Gasteiger partial charge in [-0.2, -0.15) is 0 Å². The smallest absolute Gasteiger partial charge is 0.269 e. The summed E-state index contributed by atoms with van der Waals surface area (Å²) in [4.78, 5) is 24.2. The zero-order valence-corrected chi connectivity index (χ0v) is 15.8. The maximum absolute atomic E-state index is 12.6. The number of hydrogen-bond donors (Lipinski definition) is 2. The number of carbonyl (C=O) groups excluding carboxylic acids is 1. The summed E-state index contributed by atoms with van der Waals surface area (Å²) in [6.45, 7) is 3.66. The Kier molecular flexibility index (Phi) is 5.59. The molecule has 2 aliphatic rings. The molecule has 1 fully saturated rings. The summed E-state index contributed by atoms with van der Waals surface area (Å²) in [6, 6.07) is 11.5. The summed E-state index contributed by atoms with van der Waals surface area (Å²) in [5.41, 5.74) is 1.39. The minimum atomic E-state index is -0.487. The van der Waals surface area contributed by atoms with Crippen LogP contribution in [0.3, 0.4) is 0 Å². The van der Waals surface area contributed by atoms with Gasteiger partial charge in [0.25, 0.3) is 11.6 Å². The van der Waals surface area contributed by atoms with Crippen LogP contribution < -0.4 is 19.7 Å². The van der Waals surface area contributed by atoms with Gasteiger partial charge in [-0.25, -0.2) is 0 Å². The van der Waals surface area contributed by atoms with E-state index in [0.29, 0.717) is 31.1 Å². The van der Waals surface area contributed by atoms with E-state index >= 15 is 0 Å². The quantitative estimate of drug-likeness (QED) is 0.547. The molecule has 152 valence electrons. The molecule has 4 rings (SSSR count). The molecule has 9 heteroatoms. The second-order valence-corrected chi connectivity index (χ2v) is 6.95. The minimum Gasteiger partial charge on any atom is -0.454 e. The monoisotopic (exact) mass is 400 g/mol. The zero-order chi connectivity index (χ0) is 20.2. The van der Waals surface area contributed by atoms with Gasteiger partial charge in [0.2, 0.25) is 6.79 Å². The van der Waals surface area contributed by atoms with Gasteiger partial charge in [0, 0.05) is 23.3 Å². The van der Waals surface area contributed by atoms with Crippen LogP contribution >= 0.6 is 0 Å². The highest BCUT2D eigenvalue weighted by molar-refractivity contribution is 5.94. The van der Waals surface area contributed by atoms with E-state index in [1.807, 2.05) is 18.2 Å².